The van der Waals surface area contributed by atoms with Gasteiger partial charge in [-0.05, 0) is 31.9 Å². The topological polar surface area (TPSA) is 69.2 Å². The van der Waals surface area contributed by atoms with Gasteiger partial charge in [0.2, 0.25) is 0 Å². The van der Waals surface area contributed by atoms with Crippen molar-refractivity contribution in [3.63, 3.8) is 0 Å². The number of nitrogens with two attached hydrogens (primary N) is 1. The molecule has 1 aromatic carbocycles. The summed E-state index contributed by atoms with van der Waals surface area (Å²) in [6.07, 6.45) is 1.66. The molecule has 1 rings (SSSR count). The number of hydrogen-bond acceptors (Lipinski definition) is 3. The molecule has 0 aromatic heterocycles. The number of rotatable bonds is 4. The molecule has 0 spiro atoms. The van der Waals surface area contributed by atoms with E-state index in [4.69, 9.17) is 5.73 Å². The van der Waals surface area contributed by atoms with E-state index >= 15 is 0 Å². The Morgan fingerprint density at radius 2 is 2.21 bits per heavy atom. The van der Waals surface area contributed by atoms with E-state index in [1.807, 2.05) is 6.07 Å². The molecule has 4 nitrogen and oxygen atoms in total. The van der Waals surface area contributed by atoms with Crippen LogP contribution in [0.25, 0.3) is 0 Å². The first-order valence-electron chi connectivity index (χ1n) is 4.59. The van der Waals surface area contributed by atoms with Crippen molar-refractivity contribution in [1.29, 1.82) is 0 Å². The molecule has 0 unspecified atom stereocenters. The van der Waals surface area contributed by atoms with Gasteiger partial charge in [-0.1, -0.05) is 12.1 Å². The van der Waals surface area contributed by atoms with Crippen LogP contribution in [-0.2, 0) is 6.42 Å². The lowest BCUT2D eigenvalue weighted by Gasteiger charge is -2.01. The van der Waals surface area contributed by atoms with Crippen LogP contribution in [0.5, 0.6) is 0 Å². The highest BCUT2D eigenvalue weighted by Crippen LogP contribution is 2.19. The molecule has 0 fully saturated rings. The molecule has 2 N–H and O–H groups in total. The molecule has 0 saturated carbocycles. The number of nitro groups is 1. The van der Waals surface area contributed by atoms with Crippen LogP contribution in [0, 0.1) is 17.0 Å². The van der Waals surface area contributed by atoms with Crippen LogP contribution in [-0.4, -0.2) is 11.5 Å². The van der Waals surface area contributed by atoms with Crippen LogP contribution < -0.4 is 5.73 Å². The first-order valence-corrected chi connectivity index (χ1v) is 4.59. The lowest BCUT2D eigenvalue weighted by Crippen LogP contribution is -2.01. The number of nitrogens with zero attached hydrogens (tertiary/aromatic N) is 1. The summed E-state index contributed by atoms with van der Waals surface area (Å²) in [5.41, 5.74) is 7.24. The van der Waals surface area contributed by atoms with Gasteiger partial charge < -0.3 is 5.73 Å². The molecule has 0 aliphatic heterocycles. The Balaban J connectivity index is 2.89. The second-order valence-electron chi connectivity index (χ2n) is 3.27. The highest BCUT2D eigenvalue weighted by Gasteiger charge is 2.10. The number of nitro benzene ring substituents is 1. The van der Waals surface area contributed by atoms with Gasteiger partial charge in [-0.3, -0.25) is 10.1 Å². The third-order valence-corrected chi connectivity index (χ3v) is 2.14. The molecular weight excluding hydrogens is 180 g/mol. The first-order chi connectivity index (χ1) is 6.65. The summed E-state index contributed by atoms with van der Waals surface area (Å²) in [5, 5.41) is 10.6. The highest BCUT2D eigenvalue weighted by atomic mass is 16.6. The van der Waals surface area contributed by atoms with Crippen LogP contribution in [0.15, 0.2) is 18.2 Å². The minimum absolute atomic E-state index is 0.194. The van der Waals surface area contributed by atoms with Crippen molar-refractivity contribution in [3.05, 3.63) is 39.4 Å². The van der Waals surface area contributed by atoms with E-state index in [1.54, 1.807) is 19.1 Å². The zero-order valence-electron chi connectivity index (χ0n) is 8.19. The molecule has 0 radical (unpaired) electrons. The predicted octanol–water partition coefficient (Wildman–Crippen LogP) is 1.79. The molecule has 0 saturated heterocycles. The third-order valence-electron chi connectivity index (χ3n) is 2.14. The summed E-state index contributed by atoms with van der Waals surface area (Å²) in [6, 6.07) is 5.33. The number of benzene rings is 1. The number of aryl methyl sites for hydroxylation is 2. The molecule has 14 heavy (non-hydrogen) atoms. The lowest BCUT2D eigenvalue weighted by molar-refractivity contribution is -0.385. The van der Waals surface area contributed by atoms with Gasteiger partial charge >= 0.3 is 0 Å². The predicted molar refractivity (Wildman–Crippen MR) is 55.2 cm³/mol. The molecule has 1 aromatic rings. The second-order valence-corrected chi connectivity index (χ2v) is 3.27. The van der Waals surface area contributed by atoms with E-state index in [9.17, 15) is 10.1 Å². The molecule has 4 heteroatoms. The van der Waals surface area contributed by atoms with Crippen LogP contribution in [0.2, 0.25) is 0 Å². The Hall–Kier alpha value is -1.42. The van der Waals surface area contributed by atoms with Gasteiger partial charge in [0.15, 0.2) is 0 Å². The summed E-state index contributed by atoms with van der Waals surface area (Å²) in [5.74, 6) is 0. The fourth-order valence-electron chi connectivity index (χ4n) is 1.31. The van der Waals surface area contributed by atoms with E-state index in [0.717, 1.165) is 18.4 Å². The molecule has 0 atom stereocenters. The Morgan fingerprint density at radius 3 is 2.79 bits per heavy atom. The zero-order chi connectivity index (χ0) is 10.6. The Labute approximate surface area is 82.9 Å². The standard InChI is InChI=1S/C10H14N2O2/c1-8-4-5-9(3-2-6-11)7-10(8)12(13)14/h4-5,7H,2-3,6,11H2,1H3. The van der Waals surface area contributed by atoms with Gasteiger partial charge in [0.25, 0.3) is 5.69 Å². The Morgan fingerprint density at radius 1 is 1.50 bits per heavy atom. The summed E-state index contributed by atoms with van der Waals surface area (Å²) in [6.45, 7) is 2.35. The maximum atomic E-state index is 10.6. The van der Waals surface area contributed by atoms with Crippen molar-refractivity contribution in [2.45, 2.75) is 19.8 Å². The van der Waals surface area contributed by atoms with Crippen molar-refractivity contribution in [2.75, 3.05) is 6.54 Å². The molecule has 0 amide bonds. The molecular formula is C10H14N2O2. The largest absolute Gasteiger partial charge is 0.330 e. The quantitative estimate of drug-likeness (QED) is 0.586. The van der Waals surface area contributed by atoms with Gasteiger partial charge in [-0.25, -0.2) is 0 Å². The van der Waals surface area contributed by atoms with E-state index in [-0.39, 0.29) is 10.6 Å². The molecule has 0 heterocycles. The monoisotopic (exact) mass is 194 g/mol. The SMILES string of the molecule is Cc1ccc(CCCN)cc1[N+](=O)[O-]. The van der Waals surface area contributed by atoms with E-state index < -0.39 is 0 Å². The van der Waals surface area contributed by atoms with Crippen molar-refractivity contribution in [2.24, 2.45) is 5.73 Å². The van der Waals surface area contributed by atoms with Crippen molar-refractivity contribution < 1.29 is 4.92 Å². The second kappa shape index (κ2) is 4.72. The fraction of sp³-hybridized carbons (Fsp3) is 0.400. The lowest BCUT2D eigenvalue weighted by atomic mass is 10.1. The normalized spacial score (nSPS) is 10.1. The van der Waals surface area contributed by atoms with Crippen LogP contribution in [0.3, 0.4) is 0 Å². The average Bonchev–Trinajstić information content (AvgIpc) is 2.16. The molecule has 0 bridgehead atoms. The smallest absolute Gasteiger partial charge is 0.272 e. The maximum Gasteiger partial charge on any atom is 0.272 e. The van der Waals surface area contributed by atoms with Crippen molar-refractivity contribution in [3.8, 4) is 0 Å². The molecule has 0 aliphatic rings. The van der Waals surface area contributed by atoms with Gasteiger partial charge in [0.1, 0.15) is 0 Å². The van der Waals surface area contributed by atoms with Crippen molar-refractivity contribution in [1.82, 2.24) is 0 Å². The zero-order valence-corrected chi connectivity index (χ0v) is 8.19. The van der Waals surface area contributed by atoms with Gasteiger partial charge in [0.05, 0.1) is 4.92 Å². The summed E-state index contributed by atoms with van der Waals surface area (Å²) >= 11 is 0. The summed E-state index contributed by atoms with van der Waals surface area (Å²) in [7, 11) is 0. The van der Waals surface area contributed by atoms with Gasteiger partial charge in [0, 0.05) is 11.6 Å². The maximum absolute atomic E-state index is 10.6. The highest BCUT2D eigenvalue weighted by molar-refractivity contribution is 5.42. The summed E-state index contributed by atoms with van der Waals surface area (Å²) < 4.78 is 0. The number of hydrogen-bond donors (Lipinski definition) is 1. The van der Waals surface area contributed by atoms with E-state index in [2.05, 4.69) is 0 Å². The fourth-order valence-corrected chi connectivity index (χ4v) is 1.31. The van der Waals surface area contributed by atoms with Crippen molar-refractivity contribution >= 4 is 5.69 Å². The molecule has 76 valence electrons. The van der Waals surface area contributed by atoms with Crippen LogP contribution >= 0.6 is 0 Å². The Kier molecular flexibility index (Phi) is 3.59. The minimum Gasteiger partial charge on any atom is -0.330 e. The van der Waals surface area contributed by atoms with Crippen LogP contribution in [0.1, 0.15) is 17.5 Å². The van der Waals surface area contributed by atoms with Crippen LogP contribution in [0.4, 0.5) is 5.69 Å². The van der Waals surface area contributed by atoms with E-state index in [1.165, 1.54) is 0 Å². The minimum atomic E-state index is -0.346. The third kappa shape index (κ3) is 2.53. The van der Waals surface area contributed by atoms with E-state index in [0.29, 0.717) is 12.1 Å². The summed E-state index contributed by atoms with van der Waals surface area (Å²) in [4.78, 5) is 10.3. The molecule has 0 aliphatic carbocycles. The van der Waals surface area contributed by atoms with Gasteiger partial charge in [-0.15, -0.1) is 0 Å². The van der Waals surface area contributed by atoms with Gasteiger partial charge in [-0.2, -0.15) is 0 Å². The first kappa shape index (κ1) is 10.7. The Bertz CT molecular complexity index is 337. The average molecular weight is 194 g/mol.